The number of nitrogens with zero attached hydrogens (tertiary/aromatic N) is 1. The van der Waals surface area contributed by atoms with Crippen molar-refractivity contribution < 1.29 is 4.92 Å². The molecular formula is C13H18N2O2. The van der Waals surface area contributed by atoms with Gasteiger partial charge in [-0.3, -0.25) is 10.1 Å². The van der Waals surface area contributed by atoms with Crippen LogP contribution < -0.4 is 5.32 Å². The van der Waals surface area contributed by atoms with Gasteiger partial charge in [0.1, 0.15) is 0 Å². The largest absolute Gasteiger partial charge is 0.382 e. The number of hydrogen-bond donors (Lipinski definition) is 1. The van der Waals surface area contributed by atoms with Crippen LogP contribution in [0, 0.1) is 22.0 Å². The summed E-state index contributed by atoms with van der Waals surface area (Å²) in [5.74, 6) is 1.35. The highest BCUT2D eigenvalue weighted by Gasteiger charge is 2.29. The first-order valence-electron chi connectivity index (χ1n) is 6.09. The molecule has 0 aromatic heterocycles. The van der Waals surface area contributed by atoms with Crippen LogP contribution in [0.25, 0.3) is 0 Å². The molecule has 1 aromatic rings. The van der Waals surface area contributed by atoms with Crippen molar-refractivity contribution in [3.63, 3.8) is 0 Å². The number of non-ortho nitro benzene ring substituents is 1. The van der Waals surface area contributed by atoms with Gasteiger partial charge in [0.25, 0.3) is 5.69 Å². The fourth-order valence-electron chi connectivity index (χ4n) is 2.49. The molecule has 1 saturated carbocycles. The number of hydrogen-bond acceptors (Lipinski definition) is 3. The van der Waals surface area contributed by atoms with E-state index in [1.165, 1.54) is 12.5 Å². The molecule has 0 spiro atoms. The molecule has 0 aliphatic heterocycles. The summed E-state index contributed by atoms with van der Waals surface area (Å²) in [6, 6.07) is 7.18. The Morgan fingerprint density at radius 2 is 2.12 bits per heavy atom. The highest BCUT2D eigenvalue weighted by atomic mass is 16.6. The monoisotopic (exact) mass is 234 g/mol. The molecule has 1 aliphatic carbocycles. The van der Waals surface area contributed by atoms with Crippen molar-refractivity contribution in [1.29, 1.82) is 0 Å². The van der Waals surface area contributed by atoms with Crippen molar-refractivity contribution in [2.75, 3.05) is 5.32 Å². The third-order valence-electron chi connectivity index (χ3n) is 3.87. The molecular weight excluding hydrogens is 216 g/mol. The molecule has 4 nitrogen and oxygen atoms in total. The van der Waals surface area contributed by atoms with Crippen molar-refractivity contribution in [2.24, 2.45) is 11.8 Å². The van der Waals surface area contributed by atoms with E-state index in [4.69, 9.17) is 0 Å². The fraction of sp³-hybridized carbons (Fsp3) is 0.538. The lowest BCUT2D eigenvalue weighted by Gasteiger charge is -2.20. The zero-order valence-corrected chi connectivity index (χ0v) is 10.2. The summed E-state index contributed by atoms with van der Waals surface area (Å²) in [4.78, 5) is 10.3. The molecule has 0 saturated heterocycles. The average molecular weight is 234 g/mol. The van der Waals surface area contributed by atoms with E-state index in [1.54, 1.807) is 12.1 Å². The van der Waals surface area contributed by atoms with Crippen molar-refractivity contribution >= 4 is 11.4 Å². The number of benzene rings is 1. The molecule has 1 aliphatic rings. The Kier molecular flexibility index (Phi) is 3.31. The number of rotatable bonds is 3. The zero-order valence-electron chi connectivity index (χ0n) is 10.2. The Morgan fingerprint density at radius 1 is 1.35 bits per heavy atom. The quantitative estimate of drug-likeness (QED) is 0.643. The first-order valence-corrected chi connectivity index (χ1v) is 6.09. The van der Waals surface area contributed by atoms with Crippen LogP contribution in [-0.4, -0.2) is 11.0 Å². The standard InChI is InChI=1S/C13H18N2O2/c1-9-6-7-13(10(9)2)14-11-4-3-5-12(8-11)15(16)17/h3-5,8-10,13-14H,6-7H2,1-2H3. The lowest BCUT2D eigenvalue weighted by Crippen LogP contribution is -2.23. The van der Waals surface area contributed by atoms with Crippen LogP contribution in [0.3, 0.4) is 0 Å². The van der Waals surface area contributed by atoms with Gasteiger partial charge in [-0.25, -0.2) is 0 Å². The minimum atomic E-state index is -0.355. The number of nitro groups is 1. The minimum Gasteiger partial charge on any atom is -0.382 e. The van der Waals surface area contributed by atoms with Gasteiger partial charge in [0.15, 0.2) is 0 Å². The van der Waals surface area contributed by atoms with Crippen molar-refractivity contribution in [3.8, 4) is 0 Å². The summed E-state index contributed by atoms with van der Waals surface area (Å²) in [6.07, 6.45) is 2.37. The smallest absolute Gasteiger partial charge is 0.271 e. The highest BCUT2D eigenvalue weighted by molar-refractivity contribution is 5.51. The Labute approximate surface area is 101 Å². The van der Waals surface area contributed by atoms with Crippen LogP contribution in [0.5, 0.6) is 0 Å². The molecule has 0 heterocycles. The molecule has 0 amide bonds. The van der Waals surface area contributed by atoms with E-state index in [0.717, 1.165) is 18.0 Å². The minimum absolute atomic E-state index is 0.147. The Morgan fingerprint density at radius 3 is 2.71 bits per heavy atom. The van der Waals surface area contributed by atoms with Gasteiger partial charge in [-0.15, -0.1) is 0 Å². The summed E-state index contributed by atoms with van der Waals surface area (Å²) in [5.41, 5.74) is 0.999. The third kappa shape index (κ3) is 2.57. The van der Waals surface area contributed by atoms with Crippen LogP contribution >= 0.6 is 0 Å². The van der Waals surface area contributed by atoms with Crippen LogP contribution in [-0.2, 0) is 0 Å². The van der Waals surface area contributed by atoms with Crippen molar-refractivity contribution in [2.45, 2.75) is 32.7 Å². The molecule has 92 valence electrons. The molecule has 17 heavy (non-hydrogen) atoms. The number of anilines is 1. The Balaban J connectivity index is 2.08. The van der Waals surface area contributed by atoms with Gasteiger partial charge in [-0.05, 0) is 30.7 Å². The molecule has 3 unspecified atom stereocenters. The summed E-state index contributed by atoms with van der Waals surface area (Å²) in [7, 11) is 0. The molecule has 1 N–H and O–H groups in total. The van der Waals surface area contributed by atoms with Crippen LogP contribution in [0.15, 0.2) is 24.3 Å². The van der Waals surface area contributed by atoms with Crippen molar-refractivity contribution in [3.05, 3.63) is 34.4 Å². The predicted molar refractivity (Wildman–Crippen MR) is 68.1 cm³/mol. The summed E-state index contributed by atoms with van der Waals surface area (Å²) in [6.45, 7) is 4.51. The molecule has 1 fully saturated rings. The Bertz CT molecular complexity index is 420. The van der Waals surface area contributed by atoms with E-state index in [0.29, 0.717) is 12.0 Å². The second-order valence-corrected chi connectivity index (χ2v) is 4.97. The first-order chi connectivity index (χ1) is 8.08. The summed E-state index contributed by atoms with van der Waals surface area (Å²) < 4.78 is 0. The summed E-state index contributed by atoms with van der Waals surface area (Å²) in [5, 5.41) is 14.1. The fourth-order valence-corrected chi connectivity index (χ4v) is 2.49. The van der Waals surface area contributed by atoms with Crippen LogP contribution in [0.4, 0.5) is 11.4 Å². The van der Waals surface area contributed by atoms with E-state index < -0.39 is 0 Å². The third-order valence-corrected chi connectivity index (χ3v) is 3.87. The summed E-state index contributed by atoms with van der Waals surface area (Å²) >= 11 is 0. The normalized spacial score (nSPS) is 28.0. The van der Waals surface area contributed by atoms with E-state index in [-0.39, 0.29) is 10.6 Å². The second kappa shape index (κ2) is 4.73. The van der Waals surface area contributed by atoms with Gasteiger partial charge in [0.05, 0.1) is 4.92 Å². The maximum Gasteiger partial charge on any atom is 0.271 e. The lowest BCUT2D eigenvalue weighted by molar-refractivity contribution is -0.384. The average Bonchev–Trinajstić information content (AvgIpc) is 2.61. The molecule has 0 bridgehead atoms. The predicted octanol–water partition coefficient (Wildman–Crippen LogP) is 3.44. The second-order valence-electron chi connectivity index (χ2n) is 4.97. The number of nitrogens with one attached hydrogen (secondary N) is 1. The van der Waals surface area contributed by atoms with Gasteiger partial charge >= 0.3 is 0 Å². The van der Waals surface area contributed by atoms with Crippen LogP contribution in [0.1, 0.15) is 26.7 Å². The molecule has 1 aromatic carbocycles. The molecule has 3 atom stereocenters. The van der Waals surface area contributed by atoms with E-state index in [9.17, 15) is 10.1 Å². The van der Waals surface area contributed by atoms with Gasteiger partial charge in [0, 0.05) is 23.9 Å². The van der Waals surface area contributed by atoms with Gasteiger partial charge in [-0.1, -0.05) is 19.9 Å². The topological polar surface area (TPSA) is 55.2 Å². The van der Waals surface area contributed by atoms with Gasteiger partial charge in [-0.2, -0.15) is 0 Å². The molecule has 2 rings (SSSR count). The van der Waals surface area contributed by atoms with Crippen LogP contribution in [0.2, 0.25) is 0 Å². The first kappa shape index (κ1) is 11.9. The molecule has 0 radical (unpaired) electrons. The Hall–Kier alpha value is -1.58. The van der Waals surface area contributed by atoms with E-state index in [2.05, 4.69) is 19.2 Å². The van der Waals surface area contributed by atoms with Gasteiger partial charge < -0.3 is 5.32 Å². The zero-order chi connectivity index (χ0) is 12.4. The molecule has 4 heteroatoms. The SMILES string of the molecule is CC1CCC(Nc2cccc([N+](=O)[O-])c2)C1C. The number of nitro benzene ring substituents is 1. The lowest BCUT2D eigenvalue weighted by atomic mass is 9.97. The maximum atomic E-state index is 10.7. The van der Waals surface area contributed by atoms with Crippen molar-refractivity contribution in [1.82, 2.24) is 0 Å². The van der Waals surface area contributed by atoms with E-state index >= 15 is 0 Å². The maximum absolute atomic E-state index is 10.7. The highest BCUT2D eigenvalue weighted by Crippen LogP contribution is 2.33. The van der Waals surface area contributed by atoms with Gasteiger partial charge in [0.2, 0.25) is 0 Å². The van der Waals surface area contributed by atoms with E-state index in [1.807, 2.05) is 6.07 Å².